The summed E-state index contributed by atoms with van der Waals surface area (Å²) < 4.78 is 41.0. The Labute approximate surface area is 169 Å². The van der Waals surface area contributed by atoms with Crippen molar-refractivity contribution in [2.45, 2.75) is 25.6 Å². The summed E-state index contributed by atoms with van der Waals surface area (Å²) in [5.41, 5.74) is -0.272. The Balaban J connectivity index is 1.71. The third-order valence-electron chi connectivity index (χ3n) is 4.78. The Bertz CT molecular complexity index is 1050. The molecule has 0 aliphatic carbocycles. The second kappa shape index (κ2) is 7.39. The van der Waals surface area contributed by atoms with Crippen LogP contribution in [0.4, 0.5) is 18.9 Å². The van der Waals surface area contributed by atoms with Crippen molar-refractivity contribution in [3.8, 4) is 11.4 Å². The average Bonchev–Trinajstić information content (AvgIpc) is 3.13. The van der Waals surface area contributed by atoms with Crippen LogP contribution in [0, 0.1) is 0 Å². The van der Waals surface area contributed by atoms with Crippen molar-refractivity contribution >= 4 is 23.2 Å². The standard InChI is InChI=1S/C19H17F3N6O2/c1-10(29)25-11-2-3-12(13(8-11)19(20,21)22)17-23-5-4-14(26-17)15-9-16-18(30)24-6-7-28(16)27-15/h2-5,8,16H,6-7,9H2,1H3,(H,24,30)(H,25,29). The van der Waals surface area contributed by atoms with E-state index in [2.05, 4.69) is 25.7 Å². The number of hydrogen-bond donors (Lipinski definition) is 2. The van der Waals surface area contributed by atoms with Crippen molar-refractivity contribution in [3.05, 3.63) is 41.7 Å². The van der Waals surface area contributed by atoms with E-state index >= 15 is 0 Å². The van der Waals surface area contributed by atoms with Crippen LogP contribution in [-0.2, 0) is 15.8 Å². The SMILES string of the molecule is CC(=O)Nc1ccc(-c2nccc(C3=NN4CCNC(=O)C4C3)n2)c(C(F)(F)F)c1. The molecule has 2 aliphatic rings. The van der Waals surface area contributed by atoms with Crippen LogP contribution in [0.5, 0.6) is 0 Å². The molecule has 0 spiro atoms. The fourth-order valence-corrected chi connectivity index (χ4v) is 3.46. The van der Waals surface area contributed by atoms with Crippen LogP contribution >= 0.6 is 0 Å². The number of carbonyl (C=O) groups excluding carboxylic acids is 2. The maximum absolute atomic E-state index is 13.7. The molecule has 0 radical (unpaired) electrons. The van der Waals surface area contributed by atoms with Crippen LogP contribution in [-0.4, -0.2) is 51.6 Å². The molecule has 11 heteroatoms. The maximum Gasteiger partial charge on any atom is 0.417 e. The first kappa shape index (κ1) is 19.8. The van der Waals surface area contributed by atoms with E-state index in [1.807, 2.05) is 0 Å². The van der Waals surface area contributed by atoms with Crippen molar-refractivity contribution in [2.24, 2.45) is 5.10 Å². The zero-order chi connectivity index (χ0) is 21.5. The van der Waals surface area contributed by atoms with E-state index in [0.29, 0.717) is 30.9 Å². The molecule has 0 saturated carbocycles. The van der Waals surface area contributed by atoms with Crippen molar-refractivity contribution in [2.75, 3.05) is 18.4 Å². The third kappa shape index (κ3) is 3.82. The molecule has 8 nitrogen and oxygen atoms in total. The van der Waals surface area contributed by atoms with Gasteiger partial charge in [0, 0.05) is 37.3 Å². The fourth-order valence-electron chi connectivity index (χ4n) is 3.46. The minimum atomic E-state index is -4.67. The first-order valence-corrected chi connectivity index (χ1v) is 9.17. The Hall–Kier alpha value is -3.50. The highest BCUT2D eigenvalue weighted by molar-refractivity contribution is 6.04. The van der Waals surface area contributed by atoms with E-state index in [4.69, 9.17) is 0 Å². The van der Waals surface area contributed by atoms with Crippen molar-refractivity contribution in [3.63, 3.8) is 0 Å². The molecule has 1 saturated heterocycles. The monoisotopic (exact) mass is 418 g/mol. The molecule has 4 rings (SSSR count). The van der Waals surface area contributed by atoms with Gasteiger partial charge in [-0.15, -0.1) is 0 Å². The van der Waals surface area contributed by atoms with Crippen LogP contribution in [0.2, 0.25) is 0 Å². The molecule has 3 heterocycles. The summed E-state index contributed by atoms with van der Waals surface area (Å²) in [6.45, 7) is 2.25. The molecule has 2 aliphatic heterocycles. The Morgan fingerprint density at radius 3 is 2.80 bits per heavy atom. The van der Waals surface area contributed by atoms with Gasteiger partial charge in [0.15, 0.2) is 5.82 Å². The number of fused-ring (bicyclic) bond motifs is 1. The number of alkyl halides is 3. The highest BCUT2D eigenvalue weighted by Gasteiger charge is 2.37. The molecule has 1 unspecified atom stereocenters. The molecule has 30 heavy (non-hydrogen) atoms. The summed E-state index contributed by atoms with van der Waals surface area (Å²) in [5, 5.41) is 11.2. The zero-order valence-corrected chi connectivity index (χ0v) is 15.8. The van der Waals surface area contributed by atoms with Gasteiger partial charge >= 0.3 is 6.18 Å². The van der Waals surface area contributed by atoms with Gasteiger partial charge in [-0.2, -0.15) is 18.3 Å². The normalized spacial score (nSPS) is 18.5. The lowest BCUT2D eigenvalue weighted by Crippen LogP contribution is -2.51. The molecule has 1 fully saturated rings. The fraction of sp³-hybridized carbons (Fsp3) is 0.316. The first-order valence-electron chi connectivity index (χ1n) is 9.17. The second-order valence-corrected chi connectivity index (χ2v) is 6.93. The van der Waals surface area contributed by atoms with Gasteiger partial charge in [0.05, 0.1) is 23.5 Å². The zero-order valence-electron chi connectivity index (χ0n) is 15.8. The average molecular weight is 418 g/mol. The van der Waals surface area contributed by atoms with E-state index in [9.17, 15) is 22.8 Å². The second-order valence-electron chi connectivity index (χ2n) is 6.93. The number of anilines is 1. The van der Waals surface area contributed by atoms with Crippen LogP contribution in [0.15, 0.2) is 35.6 Å². The molecule has 1 aromatic carbocycles. The van der Waals surface area contributed by atoms with E-state index in [-0.39, 0.29) is 23.0 Å². The van der Waals surface area contributed by atoms with Crippen LogP contribution in [0.3, 0.4) is 0 Å². The van der Waals surface area contributed by atoms with Gasteiger partial charge in [0.25, 0.3) is 0 Å². The van der Waals surface area contributed by atoms with Crippen LogP contribution < -0.4 is 10.6 Å². The number of hydrogen-bond acceptors (Lipinski definition) is 6. The first-order chi connectivity index (χ1) is 14.2. The largest absolute Gasteiger partial charge is 0.417 e. The summed E-state index contributed by atoms with van der Waals surface area (Å²) in [6.07, 6.45) is -3.00. The number of nitrogens with one attached hydrogen (secondary N) is 2. The summed E-state index contributed by atoms with van der Waals surface area (Å²) in [5.74, 6) is -0.734. The van der Waals surface area contributed by atoms with Gasteiger partial charge in [-0.1, -0.05) is 0 Å². The van der Waals surface area contributed by atoms with Gasteiger partial charge in [0.1, 0.15) is 6.04 Å². The predicted molar refractivity (Wildman–Crippen MR) is 101 cm³/mol. The minimum absolute atomic E-state index is 0.0257. The lowest BCUT2D eigenvalue weighted by atomic mass is 10.0. The molecular weight excluding hydrogens is 401 g/mol. The minimum Gasteiger partial charge on any atom is -0.352 e. The van der Waals surface area contributed by atoms with E-state index in [1.54, 1.807) is 11.1 Å². The van der Waals surface area contributed by atoms with Crippen molar-refractivity contribution in [1.82, 2.24) is 20.3 Å². The van der Waals surface area contributed by atoms with Crippen LogP contribution in [0.1, 0.15) is 24.6 Å². The van der Waals surface area contributed by atoms with Crippen LogP contribution in [0.25, 0.3) is 11.4 Å². The number of halogens is 3. The number of rotatable bonds is 3. The summed E-state index contributed by atoms with van der Waals surface area (Å²) in [6, 6.07) is 4.55. The van der Waals surface area contributed by atoms with Crippen molar-refractivity contribution in [1.29, 1.82) is 0 Å². The molecule has 2 amide bonds. The topological polar surface area (TPSA) is 99.6 Å². The van der Waals surface area contributed by atoms with E-state index < -0.39 is 23.7 Å². The summed E-state index contributed by atoms with van der Waals surface area (Å²) >= 11 is 0. The lowest BCUT2D eigenvalue weighted by molar-refractivity contribution is -0.137. The number of hydrazone groups is 1. The number of benzene rings is 1. The van der Waals surface area contributed by atoms with Gasteiger partial charge in [-0.05, 0) is 24.3 Å². The van der Waals surface area contributed by atoms with Gasteiger partial charge < -0.3 is 10.6 Å². The molecule has 1 atom stereocenters. The molecule has 0 bridgehead atoms. The Kier molecular flexibility index (Phi) is 4.88. The van der Waals surface area contributed by atoms with Gasteiger partial charge in [-0.25, -0.2) is 9.97 Å². The molecule has 156 valence electrons. The summed E-state index contributed by atoms with van der Waals surface area (Å²) in [7, 11) is 0. The number of amides is 2. The van der Waals surface area contributed by atoms with E-state index in [1.165, 1.54) is 25.3 Å². The molecule has 2 N–H and O–H groups in total. The number of nitrogens with zero attached hydrogens (tertiary/aromatic N) is 4. The number of carbonyl (C=O) groups is 2. The molecular formula is C19H17F3N6O2. The predicted octanol–water partition coefficient (Wildman–Crippen LogP) is 2.03. The maximum atomic E-state index is 13.7. The quantitative estimate of drug-likeness (QED) is 0.795. The molecule has 1 aromatic heterocycles. The lowest BCUT2D eigenvalue weighted by Gasteiger charge is -2.27. The highest BCUT2D eigenvalue weighted by Crippen LogP contribution is 2.37. The van der Waals surface area contributed by atoms with E-state index in [0.717, 1.165) is 6.07 Å². The number of piperazine rings is 1. The van der Waals surface area contributed by atoms with Crippen molar-refractivity contribution < 1.29 is 22.8 Å². The smallest absolute Gasteiger partial charge is 0.352 e. The Morgan fingerprint density at radius 2 is 2.10 bits per heavy atom. The summed E-state index contributed by atoms with van der Waals surface area (Å²) in [4.78, 5) is 31.5. The number of aromatic nitrogens is 2. The van der Waals surface area contributed by atoms with Gasteiger partial charge in [0.2, 0.25) is 11.8 Å². The molecule has 2 aromatic rings. The third-order valence-corrected chi connectivity index (χ3v) is 4.78. The highest BCUT2D eigenvalue weighted by atomic mass is 19.4. The Morgan fingerprint density at radius 1 is 1.30 bits per heavy atom. The van der Waals surface area contributed by atoms with Gasteiger partial charge in [-0.3, -0.25) is 14.6 Å².